The molecule has 104 valence electrons. The van der Waals surface area contributed by atoms with Gasteiger partial charge < -0.3 is 4.90 Å². The Kier molecular flexibility index (Phi) is 5.00. The predicted octanol–water partition coefficient (Wildman–Crippen LogP) is 5.05. The van der Waals surface area contributed by atoms with E-state index in [1.54, 1.807) is 6.92 Å². The van der Waals surface area contributed by atoms with E-state index in [9.17, 15) is 4.79 Å². The Balaban J connectivity index is 2.34. The first-order chi connectivity index (χ1) is 9.49. The summed E-state index contributed by atoms with van der Waals surface area (Å²) in [6.07, 6.45) is 0. The quantitative estimate of drug-likeness (QED) is 0.674. The van der Waals surface area contributed by atoms with Gasteiger partial charge in [0.1, 0.15) is 0 Å². The number of anilines is 1. The van der Waals surface area contributed by atoms with Gasteiger partial charge in [0.25, 0.3) is 0 Å². The van der Waals surface area contributed by atoms with Crippen molar-refractivity contribution in [1.29, 1.82) is 0 Å². The van der Waals surface area contributed by atoms with Crippen molar-refractivity contribution in [3.05, 3.63) is 62.5 Å². The molecule has 0 aliphatic carbocycles. The molecule has 4 heteroatoms. The second kappa shape index (κ2) is 6.55. The Morgan fingerprint density at radius 2 is 1.85 bits per heavy atom. The number of nitrogens with zero attached hydrogens (tertiary/aromatic N) is 1. The summed E-state index contributed by atoms with van der Waals surface area (Å²) in [7, 11) is 1.99. The zero-order valence-corrected chi connectivity index (χ0v) is 14.5. The third kappa shape index (κ3) is 3.49. The summed E-state index contributed by atoms with van der Waals surface area (Å²) >= 11 is 7.02. The number of carbonyl (C=O) groups is 1. The number of halogens is 2. The maximum absolute atomic E-state index is 11.8. The minimum Gasteiger partial charge on any atom is -0.370 e. The number of Topliss-reactive ketones (excluding diaryl/α,β-unsaturated/α-hetero) is 1. The highest BCUT2D eigenvalue weighted by atomic mass is 79.9. The Labute approximate surface area is 136 Å². The highest BCUT2D eigenvalue weighted by Crippen LogP contribution is 2.27. The van der Waals surface area contributed by atoms with E-state index < -0.39 is 0 Å². The van der Waals surface area contributed by atoms with Gasteiger partial charge in [0.15, 0.2) is 5.78 Å². The van der Waals surface area contributed by atoms with Crippen LogP contribution in [-0.4, -0.2) is 12.8 Å². The number of benzene rings is 2. The fourth-order valence-electron chi connectivity index (χ4n) is 2.09. The Morgan fingerprint density at radius 3 is 2.50 bits per heavy atom. The summed E-state index contributed by atoms with van der Waals surface area (Å²) in [4.78, 5) is 13.8. The summed E-state index contributed by atoms with van der Waals surface area (Å²) < 4.78 is 2.04. The maximum atomic E-state index is 11.8. The largest absolute Gasteiger partial charge is 0.370 e. The van der Waals surface area contributed by atoms with Gasteiger partial charge in [-0.25, -0.2) is 0 Å². The van der Waals surface area contributed by atoms with Gasteiger partial charge in [-0.15, -0.1) is 0 Å². The molecule has 0 N–H and O–H groups in total. The van der Waals surface area contributed by atoms with Crippen molar-refractivity contribution >= 4 is 43.3 Å². The van der Waals surface area contributed by atoms with Crippen molar-refractivity contribution in [2.45, 2.75) is 13.5 Å². The van der Waals surface area contributed by atoms with Crippen LogP contribution < -0.4 is 4.90 Å². The van der Waals surface area contributed by atoms with Crippen molar-refractivity contribution in [3.8, 4) is 0 Å². The molecule has 0 spiro atoms. The fraction of sp³-hybridized carbons (Fsp3) is 0.188. The van der Waals surface area contributed by atoms with Crippen molar-refractivity contribution in [2.24, 2.45) is 0 Å². The number of hydrogen-bond donors (Lipinski definition) is 0. The average Bonchev–Trinajstić information content (AvgIpc) is 2.40. The summed E-state index contributed by atoms with van der Waals surface area (Å²) in [5.74, 6) is 0.0754. The Bertz CT molecular complexity index is 640. The number of hydrogen-bond acceptors (Lipinski definition) is 2. The van der Waals surface area contributed by atoms with Crippen molar-refractivity contribution in [3.63, 3.8) is 0 Å². The zero-order chi connectivity index (χ0) is 14.7. The minimum atomic E-state index is 0.0754. The van der Waals surface area contributed by atoms with E-state index in [1.807, 2.05) is 43.4 Å². The van der Waals surface area contributed by atoms with Crippen LogP contribution in [0, 0.1) is 0 Å². The van der Waals surface area contributed by atoms with Crippen LogP contribution in [0.5, 0.6) is 0 Å². The van der Waals surface area contributed by atoms with Gasteiger partial charge in [0.2, 0.25) is 0 Å². The molecule has 2 nitrogen and oxygen atoms in total. The van der Waals surface area contributed by atoms with E-state index in [4.69, 9.17) is 0 Å². The van der Waals surface area contributed by atoms with Gasteiger partial charge in [-0.05, 0) is 36.8 Å². The van der Waals surface area contributed by atoms with E-state index in [1.165, 1.54) is 5.56 Å². The zero-order valence-electron chi connectivity index (χ0n) is 11.4. The van der Waals surface area contributed by atoms with Gasteiger partial charge in [0, 0.05) is 33.8 Å². The van der Waals surface area contributed by atoms with Crippen molar-refractivity contribution < 1.29 is 4.79 Å². The van der Waals surface area contributed by atoms with Crippen LogP contribution in [0.1, 0.15) is 22.8 Å². The predicted molar refractivity (Wildman–Crippen MR) is 90.4 cm³/mol. The topological polar surface area (TPSA) is 20.3 Å². The molecule has 2 aromatic rings. The van der Waals surface area contributed by atoms with Crippen LogP contribution in [0.25, 0.3) is 0 Å². The lowest BCUT2D eigenvalue weighted by Crippen LogP contribution is -2.19. The summed E-state index contributed by atoms with van der Waals surface area (Å²) in [6, 6.07) is 13.8. The first-order valence-corrected chi connectivity index (χ1v) is 7.82. The number of ketones is 1. The molecule has 0 fully saturated rings. The molecule has 0 atom stereocenters. The molecule has 20 heavy (non-hydrogen) atoms. The first kappa shape index (κ1) is 15.3. The summed E-state index contributed by atoms with van der Waals surface area (Å²) in [5, 5.41) is 0. The molecular formula is C16H15Br2NO. The molecule has 0 saturated carbocycles. The molecule has 2 aromatic carbocycles. The molecule has 0 aromatic heterocycles. The van der Waals surface area contributed by atoms with Crippen molar-refractivity contribution in [2.75, 3.05) is 11.9 Å². The second-order valence-electron chi connectivity index (χ2n) is 4.67. The molecule has 0 saturated heterocycles. The average molecular weight is 397 g/mol. The Hall–Kier alpha value is -1.13. The molecule has 0 aliphatic rings. The normalized spacial score (nSPS) is 10.4. The Morgan fingerprint density at radius 1 is 1.15 bits per heavy atom. The van der Waals surface area contributed by atoms with Crippen LogP contribution in [0.4, 0.5) is 5.69 Å². The lowest BCUT2D eigenvalue weighted by atomic mass is 10.1. The van der Waals surface area contributed by atoms with Gasteiger partial charge in [0.05, 0.1) is 0 Å². The standard InChI is InChI=1S/C16H15Br2NO/c1-11(20)14-8-7-13(17)9-16(14)19(2)10-12-5-3-4-6-15(12)18/h3-9H,10H2,1-2H3. The molecular weight excluding hydrogens is 382 g/mol. The minimum absolute atomic E-state index is 0.0754. The van der Waals surface area contributed by atoms with E-state index in [0.29, 0.717) is 0 Å². The van der Waals surface area contributed by atoms with Gasteiger partial charge >= 0.3 is 0 Å². The van der Waals surface area contributed by atoms with E-state index in [2.05, 4.69) is 42.8 Å². The van der Waals surface area contributed by atoms with Gasteiger partial charge in [-0.1, -0.05) is 50.1 Å². The van der Waals surface area contributed by atoms with E-state index in [-0.39, 0.29) is 5.78 Å². The van der Waals surface area contributed by atoms with E-state index >= 15 is 0 Å². The van der Waals surface area contributed by atoms with E-state index in [0.717, 1.165) is 26.7 Å². The third-order valence-corrected chi connectivity index (χ3v) is 4.38. The maximum Gasteiger partial charge on any atom is 0.161 e. The van der Waals surface area contributed by atoms with Crippen LogP contribution in [0.3, 0.4) is 0 Å². The molecule has 0 heterocycles. The van der Waals surface area contributed by atoms with Crippen LogP contribution in [0.2, 0.25) is 0 Å². The van der Waals surface area contributed by atoms with Crippen molar-refractivity contribution in [1.82, 2.24) is 0 Å². The highest BCUT2D eigenvalue weighted by Gasteiger charge is 2.13. The summed E-state index contributed by atoms with van der Waals surface area (Å²) in [5.41, 5.74) is 2.86. The van der Waals surface area contributed by atoms with Crippen LogP contribution >= 0.6 is 31.9 Å². The van der Waals surface area contributed by atoms with Crippen LogP contribution in [0.15, 0.2) is 51.4 Å². The van der Waals surface area contributed by atoms with Gasteiger partial charge in [-0.3, -0.25) is 4.79 Å². The third-order valence-electron chi connectivity index (χ3n) is 3.12. The molecule has 0 amide bonds. The smallest absolute Gasteiger partial charge is 0.161 e. The molecule has 0 unspecified atom stereocenters. The molecule has 2 rings (SSSR count). The monoisotopic (exact) mass is 395 g/mol. The molecule has 0 radical (unpaired) electrons. The highest BCUT2D eigenvalue weighted by molar-refractivity contribution is 9.10. The lowest BCUT2D eigenvalue weighted by Gasteiger charge is -2.22. The first-order valence-electron chi connectivity index (χ1n) is 6.24. The lowest BCUT2D eigenvalue weighted by molar-refractivity contribution is 0.101. The van der Waals surface area contributed by atoms with Crippen LogP contribution in [-0.2, 0) is 6.54 Å². The number of carbonyl (C=O) groups excluding carboxylic acids is 1. The fourth-order valence-corrected chi connectivity index (χ4v) is 2.84. The SMILES string of the molecule is CC(=O)c1ccc(Br)cc1N(C)Cc1ccccc1Br. The summed E-state index contributed by atoms with van der Waals surface area (Å²) in [6.45, 7) is 2.33. The molecule has 0 aliphatic heterocycles. The molecule has 0 bridgehead atoms. The van der Waals surface area contributed by atoms with Gasteiger partial charge in [-0.2, -0.15) is 0 Å². The second-order valence-corrected chi connectivity index (χ2v) is 6.44. The number of rotatable bonds is 4.